The van der Waals surface area contributed by atoms with Crippen molar-refractivity contribution in [1.82, 2.24) is 15.0 Å². The average molecular weight is 642 g/mol. The van der Waals surface area contributed by atoms with Crippen LogP contribution in [0.15, 0.2) is 73.6 Å². The lowest BCUT2D eigenvalue weighted by molar-refractivity contribution is 1.24. The Morgan fingerprint density at radius 1 is 0.286 bits per heavy atom. The van der Waals surface area contributed by atoms with Crippen LogP contribution in [0.5, 0.6) is 0 Å². The Hall–Kier alpha value is -4.83. The number of rotatable bonds is 6. The van der Waals surface area contributed by atoms with Gasteiger partial charge in [-0.25, -0.2) is 0 Å². The Morgan fingerprint density at radius 3 is 0.653 bits per heavy atom. The highest BCUT2D eigenvalue weighted by atomic mass is 14.6. The van der Waals surface area contributed by atoms with Crippen molar-refractivity contribution in [2.45, 2.75) is 83.1 Å². The van der Waals surface area contributed by atoms with Crippen molar-refractivity contribution < 1.29 is 0 Å². The average Bonchev–Trinajstić information content (AvgIpc) is 3.11. The van der Waals surface area contributed by atoms with E-state index in [-0.39, 0.29) is 6.71 Å². The van der Waals surface area contributed by atoms with E-state index in [4.69, 9.17) is 0 Å². The predicted molar refractivity (Wildman–Crippen MR) is 211 cm³/mol. The van der Waals surface area contributed by atoms with Crippen molar-refractivity contribution in [3.63, 3.8) is 0 Å². The van der Waals surface area contributed by atoms with E-state index < -0.39 is 0 Å². The molecule has 6 aromatic rings. The minimum absolute atomic E-state index is 0.0525. The lowest BCUT2D eigenvalue weighted by atomic mass is 9.32. The summed E-state index contributed by atoms with van der Waals surface area (Å²) in [4.78, 5) is 13.0. The molecule has 0 aliphatic heterocycles. The third-order valence-electron chi connectivity index (χ3n) is 11.8. The number of nitrogens with zero attached hydrogens (tertiary/aromatic N) is 3. The maximum Gasteiger partial charge on any atom is 0.243 e. The highest BCUT2D eigenvalue weighted by Gasteiger charge is 2.35. The molecule has 6 rings (SSSR count). The standard InChI is InChI=1S/C45H48BN3/c1-25-31(7)43(32(8)26(2)40(25)37-13-19-47-20-14-37)46(44-33(9)27(3)41(28(4)34(44)10)38-15-21-48-22-16-38)45-35(11)29(5)42(30(6)36(45)12)39-17-23-49-24-18-39/h13-24H,1-12H3. The van der Waals surface area contributed by atoms with Crippen molar-refractivity contribution in [3.8, 4) is 33.4 Å². The summed E-state index contributed by atoms with van der Waals surface area (Å²) in [5.74, 6) is 0. The van der Waals surface area contributed by atoms with Crippen molar-refractivity contribution in [2.75, 3.05) is 0 Å². The molecule has 0 saturated heterocycles. The first-order chi connectivity index (χ1) is 23.4. The zero-order chi connectivity index (χ0) is 35.3. The van der Waals surface area contributed by atoms with Gasteiger partial charge >= 0.3 is 0 Å². The van der Waals surface area contributed by atoms with Gasteiger partial charge < -0.3 is 0 Å². The molecule has 0 spiro atoms. The first-order valence-corrected chi connectivity index (χ1v) is 17.4. The van der Waals surface area contributed by atoms with Crippen LogP contribution in [0.4, 0.5) is 0 Å². The molecule has 3 nitrogen and oxygen atoms in total. The third-order valence-corrected chi connectivity index (χ3v) is 11.8. The maximum atomic E-state index is 4.32. The summed E-state index contributed by atoms with van der Waals surface area (Å²) in [5.41, 5.74) is 28.1. The summed E-state index contributed by atoms with van der Waals surface area (Å²) in [6.07, 6.45) is 11.4. The van der Waals surface area contributed by atoms with Gasteiger partial charge in [0.25, 0.3) is 0 Å². The molecule has 0 amide bonds. The zero-order valence-corrected chi connectivity index (χ0v) is 31.3. The van der Waals surface area contributed by atoms with E-state index in [0.717, 1.165) is 0 Å². The normalized spacial score (nSPS) is 11.3. The summed E-state index contributed by atoms with van der Waals surface area (Å²) in [6, 6.07) is 12.9. The van der Waals surface area contributed by atoms with Crippen molar-refractivity contribution in [2.24, 2.45) is 0 Å². The van der Waals surface area contributed by atoms with Gasteiger partial charge in [-0.15, -0.1) is 0 Å². The van der Waals surface area contributed by atoms with Crippen LogP contribution in [0, 0.1) is 83.1 Å². The molecular formula is C45H48BN3. The molecule has 0 atom stereocenters. The summed E-state index contributed by atoms with van der Waals surface area (Å²) in [5, 5.41) is 0. The molecule has 0 bridgehead atoms. The molecule has 4 heteroatoms. The Bertz CT molecular complexity index is 1880. The lowest BCUT2D eigenvalue weighted by Crippen LogP contribution is -2.58. The van der Waals surface area contributed by atoms with Crippen LogP contribution in [0.2, 0.25) is 0 Å². The van der Waals surface area contributed by atoms with Crippen LogP contribution in [0.25, 0.3) is 33.4 Å². The van der Waals surface area contributed by atoms with Crippen LogP contribution in [-0.2, 0) is 0 Å². The van der Waals surface area contributed by atoms with Gasteiger partial charge in [-0.05, 0) is 186 Å². The Balaban J connectivity index is 1.76. The minimum Gasteiger partial charge on any atom is -0.265 e. The van der Waals surface area contributed by atoms with Crippen molar-refractivity contribution >= 4 is 23.1 Å². The lowest BCUT2D eigenvalue weighted by Gasteiger charge is -2.33. The maximum absolute atomic E-state index is 4.32. The number of hydrogen-bond acceptors (Lipinski definition) is 3. The third kappa shape index (κ3) is 5.52. The summed E-state index contributed by atoms with van der Waals surface area (Å²) < 4.78 is 0. The summed E-state index contributed by atoms with van der Waals surface area (Å²) >= 11 is 0. The second kappa shape index (κ2) is 13.2. The Kier molecular flexibility index (Phi) is 9.20. The Morgan fingerprint density at radius 2 is 0.469 bits per heavy atom. The molecule has 0 fully saturated rings. The van der Waals surface area contributed by atoms with E-state index in [9.17, 15) is 0 Å². The summed E-state index contributed by atoms with van der Waals surface area (Å²) in [7, 11) is 0. The number of pyridine rings is 3. The predicted octanol–water partition coefficient (Wildman–Crippen LogP) is 9.09. The quantitative estimate of drug-likeness (QED) is 0.170. The van der Waals surface area contributed by atoms with Crippen LogP contribution < -0.4 is 16.4 Å². The van der Waals surface area contributed by atoms with Crippen LogP contribution in [0.1, 0.15) is 66.8 Å². The van der Waals surface area contributed by atoms with E-state index in [2.05, 4.69) is 134 Å². The topological polar surface area (TPSA) is 38.7 Å². The summed E-state index contributed by atoms with van der Waals surface area (Å²) in [6.45, 7) is 28.0. The molecule has 0 radical (unpaired) electrons. The first kappa shape index (κ1) is 34.1. The van der Waals surface area contributed by atoms with Crippen LogP contribution in [-0.4, -0.2) is 21.7 Å². The van der Waals surface area contributed by atoms with E-state index in [0.29, 0.717) is 0 Å². The van der Waals surface area contributed by atoms with Crippen molar-refractivity contribution in [3.05, 3.63) is 140 Å². The minimum atomic E-state index is 0.0525. The van der Waals surface area contributed by atoms with Gasteiger partial charge in [-0.3, -0.25) is 15.0 Å². The van der Waals surface area contributed by atoms with E-state index in [1.165, 1.54) is 117 Å². The van der Waals surface area contributed by atoms with E-state index >= 15 is 0 Å². The highest BCUT2D eigenvalue weighted by molar-refractivity contribution is 6.97. The van der Waals surface area contributed by atoms with Crippen LogP contribution >= 0.6 is 0 Å². The van der Waals surface area contributed by atoms with E-state index in [1.54, 1.807) is 0 Å². The van der Waals surface area contributed by atoms with Crippen LogP contribution in [0.3, 0.4) is 0 Å². The highest BCUT2D eigenvalue weighted by Crippen LogP contribution is 2.35. The molecule has 0 saturated carbocycles. The second-order valence-electron chi connectivity index (χ2n) is 14.0. The molecule has 3 aromatic carbocycles. The second-order valence-corrected chi connectivity index (χ2v) is 14.0. The molecular weight excluding hydrogens is 593 g/mol. The smallest absolute Gasteiger partial charge is 0.243 e. The molecule has 0 N–H and O–H groups in total. The number of aromatic nitrogens is 3. The van der Waals surface area contributed by atoms with Gasteiger partial charge in [0.05, 0.1) is 0 Å². The van der Waals surface area contributed by atoms with Gasteiger partial charge in [0.15, 0.2) is 0 Å². The molecule has 0 aliphatic rings. The van der Waals surface area contributed by atoms with Gasteiger partial charge in [0.1, 0.15) is 0 Å². The monoisotopic (exact) mass is 641 g/mol. The molecule has 0 aliphatic carbocycles. The van der Waals surface area contributed by atoms with Gasteiger partial charge in [0, 0.05) is 37.2 Å². The fraction of sp³-hybridized carbons (Fsp3) is 0.267. The van der Waals surface area contributed by atoms with Crippen molar-refractivity contribution in [1.29, 1.82) is 0 Å². The molecule has 3 heterocycles. The fourth-order valence-electron chi connectivity index (χ4n) is 8.61. The molecule has 49 heavy (non-hydrogen) atoms. The zero-order valence-electron chi connectivity index (χ0n) is 31.3. The molecule has 0 unspecified atom stereocenters. The fourth-order valence-corrected chi connectivity index (χ4v) is 8.61. The molecule has 246 valence electrons. The SMILES string of the molecule is Cc1c(C)c(-c2ccncc2)c(C)c(C)c1B(c1c(C)c(C)c(-c2ccncc2)c(C)c1C)c1c(C)c(C)c(-c2ccncc2)c(C)c1C. The number of benzene rings is 3. The largest absolute Gasteiger partial charge is 0.265 e. The first-order valence-electron chi connectivity index (χ1n) is 17.4. The van der Waals surface area contributed by atoms with Gasteiger partial charge in [-0.2, -0.15) is 0 Å². The van der Waals surface area contributed by atoms with Gasteiger partial charge in [-0.1, -0.05) is 49.8 Å². The number of hydrogen-bond donors (Lipinski definition) is 0. The van der Waals surface area contributed by atoms with Gasteiger partial charge in [0.2, 0.25) is 6.71 Å². The molecule has 3 aromatic heterocycles. The van der Waals surface area contributed by atoms with E-state index in [1.807, 2.05) is 37.2 Å². The Labute approximate surface area is 294 Å².